The van der Waals surface area contributed by atoms with Crippen LogP contribution in [-0.4, -0.2) is 37.5 Å². The monoisotopic (exact) mass is 404 g/mol. The van der Waals surface area contributed by atoms with E-state index in [1.54, 1.807) is 16.8 Å². The Hall–Kier alpha value is -2.61. The van der Waals surface area contributed by atoms with E-state index in [-0.39, 0.29) is 12.5 Å². The zero-order valence-electron chi connectivity index (χ0n) is 16.1. The van der Waals surface area contributed by atoms with Crippen molar-refractivity contribution < 1.29 is 18.3 Å². The molecule has 29 heavy (non-hydrogen) atoms. The van der Waals surface area contributed by atoms with Gasteiger partial charge in [0.05, 0.1) is 23.1 Å². The van der Waals surface area contributed by atoms with E-state index in [9.17, 15) is 18.3 Å². The van der Waals surface area contributed by atoms with E-state index < -0.39 is 17.4 Å². The van der Waals surface area contributed by atoms with Gasteiger partial charge in [0.1, 0.15) is 5.82 Å². The zero-order valence-corrected chi connectivity index (χ0v) is 16.1. The first-order chi connectivity index (χ1) is 13.7. The summed E-state index contributed by atoms with van der Waals surface area (Å²) in [4.78, 5) is 4.33. The lowest BCUT2D eigenvalue weighted by atomic mass is 9.84. The molecule has 0 atom stereocenters. The predicted molar refractivity (Wildman–Crippen MR) is 105 cm³/mol. The van der Waals surface area contributed by atoms with E-state index in [0.29, 0.717) is 22.7 Å². The minimum atomic E-state index is -4.36. The highest BCUT2D eigenvalue weighted by Gasteiger charge is 2.32. The van der Waals surface area contributed by atoms with Gasteiger partial charge in [-0.05, 0) is 56.7 Å². The standard InChI is InChI=1S/C21H23F3N4O/c1-20(29)11-9-16(10-12-20)26-18-7-8-19-25-13-17(28(19)27-18)14-3-2-4-15(6-5-14)21(22,23)24/h2-4,6-8,13,16,29H,5,9-12H2,1H3,(H,26,27). The molecule has 1 fully saturated rings. The second-order valence-corrected chi connectivity index (χ2v) is 7.96. The zero-order chi connectivity index (χ0) is 20.6. The lowest BCUT2D eigenvalue weighted by Crippen LogP contribution is -2.36. The first-order valence-corrected chi connectivity index (χ1v) is 9.70. The maximum Gasteiger partial charge on any atom is 0.416 e. The molecular formula is C21H23F3N4O. The van der Waals surface area contributed by atoms with Crippen LogP contribution in [0.4, 0.5) is 19.0 Å². The highest BCUT2D eigenvalue weighted by atomic mass is 19.4. The molecule has 2 N–H and O–H groups in total. The van der Waals surface area contributed by atoms with Gasteiger partial charge in [-0.2, -0.15) is 13.2 Å². The van der Waals surface area contributed by atoms with Gasteiger partial charge >= 0.3 is 6.18 Å². The molecule has 154 valence electrons. The minimum absolute atomic E-state index is 0.146. The number of nitrogens with zero attached hydrogens (tertiary/aromatic N) is 3. The molecule has 4 rings (SSSR count). The molecular weight excluding hydrogens is 381 g/mol. The van der Waals surface area contributed by atoms with Crippen LogP contribution in [0.15, 0.2) is 48.2 Å². The fraction of sp³-hybridized carbons (Fsp3) is 0.429. The summed E-state index contributed by atoms with van der Waals surface area (Å²) in [5, 5.41) is 18.1. The Kier molecular flexibility index (Phi) is 4.98. The summed E-state index contributed by atoms with van der Waals surface area (Å²) in [6, 6.07) is 3.91. The van der Waals surface area contributed by atoms with Crippen LogP contribution in [-0.2, 0) is 0 Å². The van der Waals surface area contributed by atoms with Crippen LogP contribution in [0.2, 0.25) is 0 Å². The number of hydrogen-bond donors (Lipinski definition) is 2. The Morgan fingerprint density at radius 1 is 1.24 bits per heavy atom. The number of rotatable bonds is 3. The van der Waals surface area contributed by atoms with Crippen LogP contribution in [0.1, 0.15) is 44.7 Å². The molecule has 1 saturated carbocycles. The van der Waals surface area contributed by atoms with Crippen LogP contribution in [0.5, 0.6) is 0 Å². The van der Waals surface area contributed by atoms with Gasteiger partial charge in [-0.25, -0.2) is 9.50 Å². The Bertz CT molecular complexity index is 991. The molecule has 2 aromatic rings. The lowest BCUT2D eigenvalue weighted by molar-refractivity contribution is -0.0883. The molecule has 0 saturated heterocycles. The van der Waals surface area contributed by atoms with Crippen molar-refractivity contribution in [1.82, 2.24) is 14.6 Å². The molecule has 0 radical (unpaired) electrons. The number of alkyl halides is 3. The van der Waals surface area contributed by atoms with Gasteiger partial charge < -0.3 is 10.4 Å². The Morgan fingerprint density at radius 3 is 2.72 bits per heavy atom. The van der Waals surface area contributed by atoms with E-state index in [1.165, 1.54) is 12.2 Å². The molecule has 8 heteroatoms. The minimum Gasteiger partial charge on any atom is -0.390 e. The summed E-state index contributed by atoms with van der Waals surface area (Å²) in [5.41, 5.74) is 0.758. The van der Waals surface area contributed by atoms with Crippen molar-refractivity contribution in [3.8, 4) is 0 Å². The summed E-state index contributed by atoms with van der Waals surface area (Å²) < 4.78 is 40.6. The number of allylic oxidation sites excluding steroid dienone is 6. The van der Waals surface area contributed by atoms with Crippen LogP contribution in [0.3, 0.4) is 0 Å². The van der Waals surface area contributed by atoms with Crippen LogP contribution in [0.25, 0.3) is 11.2 Å². The molecule has 2 aromatic heterocycles. The highest BCUT2D eigenvalue weighted by molar-refractivity contribution is 5.69. The Morgan fingerprint density at radius 2 is 2.00 bits per heavy atom. The third kappa shape index (κ3) is 4.37. The van der Waals surface area contributed by atoms with Crippen LogP contribution >= 0.6 is 0 Å². The van der Waals surface area contributed by atoms with Crippen molar-refractivity contribution in [2.45, 2.75) is 56.8 Å². The number of imidazole rings is 1. The maximum absolute atomic E-state index is 13.0. The number of hydrogen-bond acceptors (Lipinski definition) is 4. The molecule has 0 aliphatic heterocycles. The number of aromatic nitrogens is 3. The van der Waals surface area contributed by atoms with Gasteiger partial charge in [0.25, 0.3) is 0 Å². The number of fused-ring (bicyclic) bond motifs is 1. The Labute approximate surface area is 166 Å². The predicted octanol–water partition coefficient (Wildman–Crippen LogP) is 4.67. The third-order valence-corrected chi connectivity index (χ3v) is 5.55. The van der Waals surface area contributed by atoms with Gasteiger partial charge in [-0.3, -0.25) is 0 Å². The van der Waals surface area contributed by atoms with Gasteiger partial charge in [0.15, 0.2) is 5.65 Å². The fourth-order valence-corrected chi connectivity index (χ4v) is 3.79. The summed E-state index contributed by atoms with van der Waals surface area (Å²) in [6.45, 7) is 1.86. The van der Waals surface area contributed by atoms with Crippen molar-refractivity contribution >= 4 is 17.0 Å². The number of aliphatic hydroxyl groups is 1. The maximum atomic E-state index is 13.0. The van der Waals surface area contributed by atoms with E-state index in [0.717, 1.165) is 31.8 Å². The molecule has 5 nitrogen and oxygen atoms in total. The number of halogens is 3. The fourth-order valence-electron chi connectivity index (χ4n) is 3.79. The molecule has 0 bridgehead atoms. The second-order valence-electron chi connectivity index (χ2n) is 7.96. The smallest absolute Gasteiger partial charge is 0.390 e. The van der Waals surface area contributed by atoms with E-state index in [4.69, 9.17) is 0 Å². The van der Waals surface area contributed by atoms with Crippen molar-refractivity contribution in [3.63, 3.8) is 0 Å². The summed E-state index contributed by atoms with van der Waals surface area (Å²) in [7, 11) is 0. The summed E-state index contributed by atoms with van der Waals surface area (Å²) in [5.74, 6) is 0.680. The third-order valence-electron chi connectivity index (χ3n) is 5.55. The molecule has 0 spiro atoms. The molecule has 2 heterocycles. The van der Waals surface area contributed by atoms with E-state index in [2.05, 4.69) is 15.4 Å². The molecule has 0 amide bonds. The molecule has 2 aliphatic carbocycles. The van der Waals surface area contributed by atoms with Crippen LogP contribution < -0.4 is 5.32 Å². The number of nitrogens with one attached hydrogen (secondary N) is 1. The molecule has 0 aromatic carbocycles. The molecule has 2 aliphatic rings. The van der Waals surface area contributed by atoms with E-state index in [1.807, 2.05) is 19.1 Å². The van der Waals surface area contributed by atoms with Gasteiger partial charge in [0.2, 0.25) is 0 Å². The average molecular weight is 404 g/mol. The largest absolute Gasteiger partial charge is 0.416 e. The van der Waals surface area contributed by atoms with Gasteiger partial charge in [0, 0.05) is 6.04 Å². The topological polar surface area (TPSA) is 62.5 Å². The van der Waals surface area contributed by atoms with Crippen LogP contribution in [0, 0.1) is 0 Å². The Balaban J connectivity index is 1.56. The number of anilines is 1. The highest BCUT2D eigenvalue weighted by Crippen LogP contribution is 2.32. The van der Waals surface area contributed by atoms with E-state index >= 15 is 0 Å². The SMILES string of the molecule is CC1(O)CCC(Nc2ccc3ncc(C4=CC=CC(C(F)(F)F)=CC4)n3n2)CC1. The van der Waals surface area contributed by atoms with Crippen molar-refractivity contribution in [2.24, 2.45) is 0 Å². The van der Waals surface area contributed by atoms with Crippen molar-refractivity contribution in [3.05, 3.63) is 53.9 Å². The first-order valence-electron chi connectivity index (χ1n) is 9.70. The van der Waals surface area contributed by atoms with Gasteiger partial charge in [-0.15, -0.1) is 5.10 Å². The van der Waals surface area contributed by atoms with Crippen molar-refractivity contribution in [1.29, 1.82) is 0 Å². The van der Waals surface area contributed by atoms with Crippen molar-refractivity contribution in [2.75, 3.05) is 5.32 Å². The summed E-state index contributed by atoms with van der Waals surface area (Å²) in [6.07, 6.45) is 5.93. The summed E-state index contributed by atoms with van der Waals surface area (Å²) >= 11 is 0. The lowest BCUT2D eigenvalue weighted by Gasteiger charge is -2.33. The quantitative estimate of drug-likeness (QED) is 0.781. The van der Waals surface area contributed by atoms with Gasteiger partial charge in [-0.1, -0.05) is 24.3 Å². The molecule has 0 unspecified atom stereocenters. The second kappa shape index (κ2) is 7.33. The average Bonchev–Trinajstić information content (AvgIpc) is 2.90. The normalized spacial score (nSPS) is 25.5. The first kappa shape index (κ1) is 19.7.